The van der Waals surface area contributed by atoms with E-state index in [0.717, 1.165) is 12.1 Å². The fourth-order valence-corrected chi connectivity index (χ4v) is 3.04. The molecular weight excluding hydrogens is 640 g/mol. The zero-order valence-corrected chi connectivity index (χ0v) is 21.4. The van der Waals surface area contributed by atoms with Crippen molar-refractivity contribution in [1.82, 2.24) is 4.90 Å². The molecule has 0 radical (unpaired) electrons. The van der Waals surface area contributed by atoms with Crippen LogP contribution in [-0.4, -0.2) is 97.1 Å². The summed E-state index contributed by atoms with van der Waals surface area (Å²) in [4.78, 5) is 22.2. The predicted molar refractivity (Wildman–Crippen MR) is 114 cm³/mol. The average Bonchev–Trinajstić information content (AvgIpc) is 2.85. The van der Waals surface area contributed by atoms with E-state index in [1.165, 1.54) is 19.1 Å². The first-order valence-corrected chi connectivity index (χ1v) is 11.4. The minimum Gasteiger partial charge on any atom is -0.492 e. The molecule has 0 saturated carbocycles. The lowest BCUT2D eigenvalue weighted by Gasteiger charge is -2.38. The Kier molecular flexibility index (Phi) is 11.9. The number of hydrogen-bond donors (Lipinski definition) is 1. The van der Waals surface area contributed by atoms with E-state index in [1.807, 2.05) is 0 Å². The van der Waals surface area contributed by atoms with Crippen molar-refractivity contribution in [3.05, 3.63) is 29.8 Å². The molecule has 0 aliphatic rings. The van der Waals surface area contributed by atoms with E-state index in [9.17, 15) is 71.1 Å². The molecule has 0 aliphatic carbocycles. The Hall–Kier alpha value is -3.26. The van der Waals surface area contributed by atoms with Gasteiger partial charge < -0.3 is 19.3 Å². The second-order valence-electron chi connectivity index (χ2n) is 8.50. The maximum atomic E-state index is 14.2. The van der Waals surface area contributed by atoms with Gasteiger partial charge in [0.1, 0.15) is 12.4 Å². The standard InChI is InChI=1S/C22H21F14NO6/c1-2-41-14(15(38)39)9-12-3-5-13(6-4-12)42-8-7-37(16(40)43-11-18(25,26)27)10-17(23,24)19(28,29)20(30,31)21(32,33)22(34,35)36/h3-6,14H,2,7-11H2,1H3,(H,38,39). The number of hydrogen-bond acceptors (Lipinski definition) is 5. The summed E-state index contributed by atoms with van der Waals surface area (Å²) < 4.78 is 197. The molecule has 0 fully saturated rings. The zero-order valence-electron chi connectivity index (χ0n) is 21.4. The van der Waals surface area contributed by atoms with Gasteiger partial charge in [0.05, 0.1) is 13.1 Å². The van der Waals surface area contributed by atoms with Gasteiger partial charge in [-0.25, -0.2) is 9.59 Å². The van der Waals surface area contributed by atoms with E-state index in [-0.39, 0.29) is 18.8 Å². The topological polar surface area (TPSA) is 85.3 Å². The van der Waals surface area contributed by atoms with E-state index in [0.29, 0.717) is 5.56 Å². The molecule has 1 aromatic carbocycles. The van der Waals surface area contributed by atoms with E-state index in [4.69, 9.17) is 14.6 Å². The molecule has 1 rings (SSSR count). The van der Waals surface area contributed by atoms with Crippen LogP contribution in [0.4, 0.5) is 66.3 Å². The zero-order chi connectivity index (χ0) is 33.7. The molecule has 1 N–H and O–H groups in total. The largest absolute Gasteiger partial charge is 0.492 e. The van der Waals surface area contributed by atoms with Crippen molar-refractivity contribution in [2.24, 2.45) is 0 Å². The van der Waals surface area contributed by atoms with Crippen LogP contribution >= 0.6 is 0 Å². The van der Waals surface area contributed by atoms with Crippen LogP contribution in [0.5, 0.6) is 5.75 Å². The average molecular weight is 661 g/mol. The van der Waals surface area contributed by atoms with Gasteiger partial charge in [0.2, 0.25) is 0 Å². The van der Waals surface area contributed by atoms with Gasteiger partial charge in [0.15, 0.2) is 12.7 Å². The number of benzene rings is 1. The quantitative estimate of drug-likeness (QED) is 0.226. The fraction of sp³-hybridized carbons (Fsp3) is 0.636. The van der Waals surface area contributed by atoms with Crippen LogP contribution in [0.2, 0.25) is 0 Å². The summed E-state index contributed by atoms with van der Waals surface area (Å²) >= 11 is 0. The molecule has 0 saturated heterocycles. The maximum Gasteiger partial charge on any atom is 0.460 e. The third-order valence-electron chi connectivity index (χ3n) is 5.23. The summed E-state index contributed by atoms with van der Waals surface area (Å²) in [6.07, 6.45) is -16.7. The molecular formula is C22H21F14NO6. The summed E-state index contributed by atoms with van der Waals surface area (Å²) in [6, 6.07) is 4.76. The number of ether oxygens (including phenoxy) is 3. The highest BCUT2D eigenvalue weighted by atomic mass is 19.4. The van der Waals surface area contributed by atoms with Crippen LogP contribution in [0.15, 0.2) is 24.3 Å². The van der Waals surface area contributed by atoms with E-state index < -0.39 is 85.4 Å². The molecule has 21 heteroatoms. The number of amides is 1. The second-order valence-corrected chi connectivity index (χ2v) is 8.50. The molecule has 0 aromatic heterocycles. The Morgan fingerprint density at radius 2 is 1.37 bits per heavy atom. The normalized spacial score (nSPS) is 14.3. The van der Waals surface area contributed by atoms with E-state index in [1.54, 1.807) is 0 Å². The van der Waals surface area contributed by atoms with Crippen molar-refractivity contribution in [3.63, 3.8) is 0 Å². The number of aliphatic carboxylic acids is 1. The van der Waals surface area contributed by atoms with E-state index >= 15 is 0 Å². The Labute approximate surface area is 232 Å². The Morgan fingerprint density at radius 3 is 1.81 bits per heavy atom. The molecule has 0 spiro atoms. The summed E-state index contributed by atoms with van der Waals surface area (Å²) in [6.45, 7) is -6.60. The van der Waals surface area contributed by atoms with Crippen LogP contribution in [0.1, 0.15) is 12.5 Å². The monoisotopic (exact) mass is 661 g/mol. The summed E-state index contributed by atoms with van der Waals surface area (Å²) in [5.41, 5.74) is 0.351. The minimum atomic E-state index is -7.80. The van der Waals surface area contributed by atoms with Crippen molar-refractivity contribution in [2.45, 2.75) is 55.5 Å². The van der Waals surface area contributed by atoms with Crippen LogP contribution in [0.25, 0.3) is 0 Å². The number of nitrogens with zero attached hydrogens (tertiary/aromatic N) is 1. The molecule has 0 bridgehead atoms. The van der Waals surface area contributed by atoms with Crippen molar-refractivity contribution in [1.29, 1.82) is 0 Å². The molecule has 7 nitrogen and oxygen atoms in total. The van der Waals surface area contributed by atoms with Crippen LogP contribution < -0.4 is 4.74 Å². The van der Waals surface area contributed by atoms with Gasteiger partial charge in [-0.1, -0.05) is 12.1 Å². The van der Waals surface area contributed by atoms with Gasteiger partial charge in [-0.3, -0.25) is 4.90 Å². The first-order valence-electron chi connectivity index (χ1n) is 11.4. The lowest BCUT2D eigenvalue weighted by Crippen LogP contribution is -2.68. The first kappa shape index (κ1) is 37.8. The number of rotatable bonds is 15. The van der Waals surface area contributed by atoms with Gasteiger partial charge in [-0.05, 0) is 24.6 Å². The number of carboxylic acid groups (broad SMARTS) is 1. The molecule has 1 amide bonds. The van der Waals surface area contributed by atoms with Crippen molar-refractivity contribution in [2.75, 3.05) is 32.9 Å². The number of carboxylic acids is 1. The summed E-state index contributed by atoms with van der Waals surface area (Å²) in [5, 5.41) is 9.08. The molecule has 0 heterocycles. The van der Waals surface area contributed by atoms with Crippen LogP contribution in [0, 0.1) is 0 Å². The Balaban J connectivity index is 3.15. The highest BCUT2D eigenvalue weighted by Crippen LogP contribution is 2.57. The third kappa shape index (κ3) is 9.36. The first-order chi connectivity index (χ1) is 19.3. The maximum absolute atomic E-state index is 14.2. The smallest absolute Gasteiger partial charge is 0.460 e. The van der Waals surface area contributed by atoms with Gasteiger partial charge >= 0.3 is 48.1 Å². The number of alkyl halides is 14. The molecule has 248 valence electrons. The minimum absolute atomic E-state index is 0.0491. The number of halogens is 14. The molecule has 1 atom stereocenters. The number of carbonyl (C=O) groups is 2. The highest BCUT2D eigenvalue weighted by Gasteiger charge is 2.87. The van der Waals surface area contributed by atoms with Gasteiger partial charge in [-0.2, -0.15) is 61.5 Å². The van der Waals surface area contributed by atoms with Gasteiger partial charge in [0, 0.05) is 13.0 Å². The van der Waals surface area contributed by atoms with E-state index in [2.05, 4.69) is 4.74 Å². The molecule has 1 aromatic rings. The molecule has 0 aliphatic heterocycles. The van der Waals surface area contributed by atoms with Crippen LogP contribution in [-0.2, 0) is 20.7 Å². The van der Waals surface area contributed by atoms with Crippen molar-refractivity contribution >= 4 is 12.1 Å². The summed E-state index contributed by atoms with van der Waals surface area (Å²) in [5.74, 6) is -31.1. The predicted octanol–water partition coefficient (Wildman–Crippen LogP) is 6.20. The molecule has 43 heavy (non-hydrogen) atoms. The van der Waals surface area contributed by atoms with Crippen molar-refractivity contribution < 1.29 is 90.4 Å². The lowest BCUT2D eigenvalue weighted by molar-refractivity contribution is -0.422. The SMILES string of the molecule is CCOC(Cc1ccc(OCCN(CC(F)(F)C(F)(F)C(F)(F)C(F)(F)C(F)(F)F)C(=O)OCC(F)(F)F)cc1)C(=O)O. The van der Waals surface area contributed by atoms with Gasteiger partial charge in [-0.15, -0.1) is 0 Å². The van der Waals surface area contributed by atoms with Crippen LogP contribution in [0.3, 0.4) is 0 Å². The third-order valence-corrected chi connectivity index (χ3v) is 5.23. The fourth-order valence-electron chi connectivity index (χ4n) is 3.04. The Bertz CT molecular complexity index is 1080. The highest BCUT2D eigenvalue weighted by molar-refractivity contribution is 5.72. The lowest BCUT2D eigenvalue weighted by atomic mass is 9.97. The van der Waals surface area contributed by atoms with Crippen molar-refractivity contribution in [3.8, 4) is 5.75 Å². The Morgan fingerprint density at radius 1 is 0.837 bits per heavy atom. The molecule has 1 unspecified atom stereocenters. The number of carbonyl (C=O) groups excluding carboxylic acids is 1. The second kappa shape index (κ2) is 13.6. The summed E-state index contributed by atoms with van der Waals surface area (Å²) in [7, 11) is 0. The van der Waals surface area contributed by atoms with Gasteiger partial charge in [0.25, 0.3) is 0 Å².